The number of carbonyl (C=O) groups excluding carboxylic acids is 4. The van der Waals surface area contributed by atoms with E-state index in [0.29, 0.717) is 38.6 Å². The second kappa shape index (κ2) is 24.9. The monoisotopic (exact) mass is 656 g/mol. The van der Waals surface area contributed by atoms with E-state index in [0.717, 1.165) is 37.7 Å². The Labute approximate surface area is 283 Å². The van der Waals surface area contributed by atoms with Gasteiger partial charge in [-0.1, -0.05) is 101 Å². The molecule has 0 spiro atoms. The van der Waals surface area contributed by atoms with Crippen LogP contribution >= 0.6 is 0 Å². The molecular formula is C38H60N2O7. The Bertz CT molecular complexity index is 1060. The minimum atomic E-state index is -0.843. The lowest BCUT2D eigenvalue weighted by atomic mass is 10.0. The van der Waals surface area contributed by atoms with Gasteiger partial charge in [0.05, 0.1) is 19.1 Å². The molecule has 1 fully saturated rings. The Balaban J connectivity index is 1.64. The van der Waals surface area contributed by atoms with Crippen molar-refractivity contribution in [2.24, 2.45) is 0 Å². The average molecular weight is 657 g/mol. The van der Waals surface area contributed by atoms with Crippen molar-refractivity contribution in [2.45, 2.75) is 154 Å². The maximum atomic E-state index is 13.3. The number of allylic oxidation sites excluding steroid dienone is 2. The first kappa shape index (κ1) is 40.0. The summed E-state index contributed by atoms with van der Waals surface area (Å²) in [6.07, 6.45) is 22.1. The van der Waals surface area contributed by atoms with Gasteiger partial charge in [0.25, 0.3) is 0 Å². The van der Waals surface area contributed by atoms with Crippen molar-refractivity contribution in [3.05, 3.63) is 48.0 Å². The minimum Gasteiger partial charge on any atom is -0.465 e. The molecule has 1 saturated heterocycles. The van der Waals surface area contributed by atoms with Crippen molar-refractivity contribution in [2.75, 3.05) is 13.2 Å². The van der Waals surface area contributed by atoms with Crippen molar-refractivity contribution in [1.29, 1.82) is 0 Å². The molecule has 0 saturated carbocycles. The van der Waals surface area contributed by atoms with Crippen molar-refractivity contribution < 1.29 is 33.7 Å². The number of nitrogens with one attached hydrogen (secondary N) is 1. The largest absolute Gasteiger partial charge is 0.465 e. The van der Waals surface area contributed by atoms with Gasteiger partial charge in [-0.2, -0.15) is 0 Å². The summed E-state index contributed by atoms with van der Waals surface area (Å²) < 4.78 is 5.24. The Morgan fingerprint density at radius 2 is 1.51 bits per heavy atom. The third-order valence-corrected chi connectivity index (χ3v) is 8.62. The van der Waals surface area contributed by atoms with Gasteiger partial charge in [0.1, 0.15) is 12.1 Å². The fraction of sp³-hybridized carbons (Fsp3) is 0.684. The second-order valence-corrected chi connectivity index (χ2v) is 12.6. The molecule has 1 aliphatic heterocycles. The van der Waals surface area contributed by atoms with Crippen LogP contribution in [0.4, 0.5) is 0 Å². The highest BCUT2D eigenvalue weighted by Crippen LogP contribution is 2.21. The number of rotatable bonds is 24. The molecule has 264 valence electrons. The van der Waals surface area contributed by atoms with Gasteiger partial charge >= 0.3 is 17.9 Å². The highest BCUT2D eigenvalue weighted by Gasteiger charge is 2.39. The van der Waals surface area contributed by atoms with E-state index < -0.39 is 36.0 Å². The van der Waals surface area contributed by atoms with Gasteiger partial charge in [-0.05, 0) is 77.2 Å². The summed E-state index contributed by atoms with van der Waals surface area (Å²) in [5.41, 5.74) is 1.08. The fourth-order valence-corrected chi connectivity index (χ4v) is 5.89. The highest BCUT2D eigenvalue weighted by molar-refractivity contribution is 5.88. The molecule has 9 nitrogen and oxygen atoms in total. The molecule has 0 aliphatic carbocycles. The van der Waals surface area contributed by atoms with Gasteiger partial charge in [0, 0.05) is 6.54 Å². The number of aryl methyl sites for hydroxylation is 1. The van der Waals surface area contributed by atoms with Crippen LogP contribution in [0.25, 0.3) is 0 Å². The Morgan fingerprint density at radius 1 is 0.872 bits per heavy atom. The number of hydrogen-bond acceptors (Lipinski definition) is 8. The zero-order valence-electron chi connectivity index (χ0n) is 29.2. The number of esters is 1. The molecule has 9 heteroatoms. The Hall–Kier alpha value is -3.20. The van der Waals surface area contributed by atoms with E-state index in [1.165, 1.54) is 49.8 Å². The topological polar surface area (TPSA) is 111 Å². The molecular weight excluding hydrogens is 596 g/mol. The van der Waals surface area contributed by atoms with Crippen molar-refractivity contribution in [3.8, 4) is 0 Å². The predicted octanol–water partition coefficient (Wildman–Crippen LogP) is 7.56. The standard InChI is InChI=1S/C38H60N2O7/c1-4-6-7-8-9-10-11-12-13-14-15-16-17-18-22-27-35(41)46-47-38(44)34-26-23-30-40(34)36(42)31(3)39-33(37(43)45-5-2)29-28-32-24-20-19-21-25-32/h12-13,19-21,24-25,31,33-34,39H,4-11,14-18,22-23,26-30H2,1-3H3/b13-12+/t31?,33-,34-/m0/s1. The normalized spacial score (nSPS) is 15.8. The number of ether oxygens (including phenoxy) is 1. The lowest BCUT2D eigenvalue weighted by Crippen LogP contribution is -2.53. The maximum absolute atomic E-state index is 13.3. The molecule has 1 unspecified atom stereocenters. The summed E-state index contributed by atoms with van der Waals surface area (Å²) in [5.74, 6) is -2.08. The van der Waals surface area contributed by atoms with Crippen LogP contribution in [-0.4, -0.2) is 60.0 Å². The number of amides is 1. The van der Waals surface area contributed by atoms with Crippen molar-refractivity contribution in [1.82, 2.24) is 10.2 Å². The van der Waals surface area contributed by atoms with Gasteiger partial charge < -0.3 is 9.64 Å². The highest BCUT2D eigenvalue weighted by atomic mass is 17.2. The zero-order chi connectivity index (χ0) is 34.1. The van der Waals surface area contributed by atoms with Gasteiger partial charge in [-0.25, -0.2) is 19.4 Å². The lowest BCUT2D eigenvalue weighted by molar-refractivity contribution is -0.262. The fourth-order valence-electron chi connectivity index (χ4n) is 5.89. The number of unbranched alkanes of at least 4 members (excludes halogenated alkanes) is 11. The summed E-state index contributed by atoms with van der Waals surface area (Å²) in [4.78, 5) is 62.1. The first-order chi connectivity index (χ1) is 22.9. The minimum absolute atomic E-state index is 0.179. The van der Waals surface area contributed by atoms with Crippen LogP contribution in [0.3, 0.4) is 0 Å². The van der Waals surface area contributed by atoms with Crippen LogP contribution in [0.1, 0.15) is 135 Å². The lowest BCUT2D eigenvalue weighted by Gasteiger charge is -2.28. The molecule has 1 heterocycles. The van der Waals surface area contributed by atoms with Crippen LogP contribution in [0.5, 0.6) is 0 Å². The van der Waals surface area contributed by atoms with Gasteiger partial charge in [0.2, 0.25) is 5.91 Å². The number of benzene rings is 1. The van der Waals surface area contributed by atoms with Gasteiger partial charge in [-0.15, -0.1) is 0 Å². The summed E-state index contributed by atoms with van der Waals surface area (Å²) in [5, 5.41) is 3.11. The quantitative estimate of drug-likeness (QED) is 0.0399. The zero-order valence-corrected chi connectivity index (χ0v) is 29.2. The van der Waals surface area contributed by atoms with Crippen molar-refractivity contribution in [3.63, 3.8) is 0 Å². The van der Waals surface area contributed by atoms with E-state index in [9.17, 15) is 19.2 Å². The SMILES string of the molecule is CCCCCCCC/C=C/CCCCCCCC(=O)OOC(=O)[C@@H]1CCCN1C(=O)C(C)N[C@@H](CCc1ccccc1)C(=O)OCC. The van der Waals surface area contributed by atoms with E-state index in [-0.39, 0.29) is 18.9 Å². The van der Waals surface area contributed by atoms with Crippen LogP contribution in [0.15, 0.2) is 42.5 Å². The van der Waals surface area contributed by atoms with Crippen LogP contribution in [-0.2, 0) is 40.1 Å². The molecule has 1 amide bonds. The number of hydrogen-bond donors (Lipinski definition) is 1. The van der Waals surface area contributed by atoms with E-state index >= 15 is 0 Å². The summed E-state index contributed by atoms with van der Waals surface area (Å²) in [6, 6.07) is 7.53. The van der Waals surface area contributed by atoms with E-state index in [4.69, 9.17) is 14.5 Å². The van der Waals surface area contributed by atoms with Crippen LogP contribution in [0.2, 0.25) is 0 Å². The van der Waals surface area contributed by atoms with Gasteiger partial charge in [0.15, 0.2) is 0 Å². The number of nitrogens with zero attached hydrogens (tertiary/aromatic N) is 1. The van der Waals surface area contributed by atoms with Crippen molar-refractivity contribution >= 4 is 23.8 Å². The maximum Gasteiger partial charge on any atom is 0.377 e. The van der Waals surface area contributed by atoms with E-state index in [1.54, 1.807) is 13.8 Å². The smallest absolute Gasteiger partial charge is 0.377 e. The predicted molar refractivity (Wildman–Crippen MR) is 184 cm³/mol. The third kappa shape index (κ3) is 17.0. The number of carbonyl (C=O) groups is 4. The summed E-state index contributed by atoms with van der Waals surface area (Å²) in [6.45, 7) is 6.27. The van der Waals surface area contributed by atoms with Crippen LogP contribution < -0.4 is 5.32 Å². The van der Waals surface area contributed by atoms with Gasteiger partial charge in [-0.3, -0.25) is 14.9 Å². The molecule has 1 aliphatic rings. The first-order valence-electron chi connectivity index (χ1n) is 18.2. The first-order valence-corrected chi connectivity index (χ1v) is 18.2. The number of likely N-dealkylation sites (tertiary alicyclic amines) is 1. The second-order valence-electron chi connectivity index (χ2n) is 12.6. The molecule has 0 aromatic heterocycles. The third-order valence-electron chi connectivity index (χ3n) is 8.62. The summed E-state index contributed by atoms with van der Waals surface area (Å²) >= 11 is 0. The van der Waals surface area contributed by atoms with Crippen LogP contribution in [0, 0.1) is 0 Å². The van der Waals surface area contributed by atoms with E-state index in [2.05, 4.69) is 24.4 Å². The molecule has 0 bridgehead atoms. The Morgan fingerprint density at radius 3 is 2.17 bits per heavy atom. The molecule has 0 radical (unpaired) electrons. The molecule has 1 N–H and O–H groups in total. The van der Waals surface area contributed by atoms with E-state index in [1.807, 2.05) is 30.3 Å². The molecule has 47 heavy (non-hydrogen) atoms. The Kier molecular flexibility index (Phi) is 21.2. The molecule has 2 rings (SSSR count). The average Bonchev–Trinajstić information content (AvgIpc) is 3.57. The molecule has 3 atom stereocenters. The summed E-state index contributed by atoms with van der Waals surface area (Å²) in [7, 11) is 0. The molecule has 1 aromatic rings. The molecule has 1 aromatic carbocycles.